The zero-order valence-corrected chi connectivity index (χ0v) is 14.3. The molecule has 0 spiro atoms. The first-order chi connectivity index (χ1) is 11.1. The van der Waals surface area contributed by atoms with Crippen LogP contribution in [0.25, 0.3) is 0 Å². The molecule has 5 heteroatoms. The highest BCUT2D eigenvalue weighted by Gasteiger charge is 2.21. The van der Waals surface area contributed by atoms with Crippen molar-refractivity contribution in [1.82, 2.24) is 4.90 Å². The predicted molar refractivity (Wildman–Crippen MR) is 89.6 cm³/mol. The molecule has 128 valence electrons. The molecule has 2 rings (SSSR count). The molecule has 1 aliphatic heterocycles. The summed E-state index contributed by atoms with van der Waals surface area (Å²) in [5, 5.41) is 0. The Labute approximate surface area is 138 Å². The van der Waals surface area contributed by atoms with E-state index in [-0.39, 0.29) is 0 Å². The van der Waals surface area contributed by atoms with Crippen LogP contribution in [-0.2, 0) is 4.74 Å². The second kappa shape index (κ2) is 8.89. The van der Waals surface area contributed by atoms with Crippen LogP contribution < -0.4 is 9.47 Å². The molecule has 1 fully saturated rings. The average molecular weight is 321 g/mol. The largest absolute Gasteiger partial charge is 0.490 e. The van der Waals surface area contributed by atoms with Gasteiger partial charge < -0.3 is 14.2 Å². The summed E-state index contributed by atoms with van der Waals surface area (Å²) in [5.74, 6) is 1.33. The molecule has 5 nitrogen and oxygen atoms in total. The minimum absolute atomic E-state index is 0.292. The molecule has 0 amide bonds. The van der Waals surface area contributed by atoms with E-state index in [1.54, 1.807) is 18.2 Å². The van der Waals surface area contributed by atoms with Gasteiger partial charge >= 0.3 is 0 Å². The highest BCUT2D eigenvalue weighted by molar-refractivity contribution is 5.76. The highest BCUT2D eigenvalue weighted by atomic mass is 16.5. The van der Waals surface area contributed by atoms with E-state index in [9.17, 15) is 4.79 Å². The molecule has 0 aromatic heterocycles. The third-order valence-electron chi connectivity index (χ3n) is 3.78. The molecule has 1 aromatic rings. The number of benzene rings is 1. The molecule has 1 saturated heterocycles. The summed E-state index contributed by atoms with van der Waals surface area (Å²) < 4.78 is 17.1. The Morgan fingerprint density at radius 2 is 1.96 bits per heavy atom. The molecule has 2 atom stereocenters. The predicted octanol–water partition coefficient (Wildman–Crippen LogP) is 2.78. The quantitative estimate of drug-likeness (QED) is 0.544. The van der Waals surface area contributed by atoms with Gasteiger partial charge in [0, 0.05) is 25.2 Å². The Kier molecular flexibility index (Phi) is 6.86. The third-order valence-corrected chi connectivity index (χ3v) is 3.78. The van der Waals surface area contributed by atoms with Crippen LogP contribution in [0.1, 0.15) is 37.6 Å². The number of hydrogen-bond acceptors (Lipinski definition) is 5. The zero-order chi connectivity index (χ0) is 16.7. The Bertz CT molecular complexity index is 496. The fourth-order valence-corrected chi connectivity index (χ4v) is 2.92. The molecule has 1 heterocycles. The van der Waals surface area contributed by atoms with Gasteiger partial charge in [-0.1, -0.05) is 0 Å². The first-order valence-electron chi connectivity index (χ1n) is 8.35. The van der Waals surface area contributed by atoms with Gasteiger partial charge in [-0.05, 0) is 45.4 Å². The summed E-state index contributed by atoms with van der Waals surface area (Å²) >= 11 is 0. The van der Waals surface area contributed by atoms with Crippen LogP contribution in [0, 0.1) is 0 Å². The zero-order valence-electron chi connectivity index (χ0n) is 14.3. The molecule has 1 aliphatic rings. The lowest BCUT2D eigenvalue weighted by Gasteiger charge is -2.35. The smallest absolute Gasteiger partial charge is 0.161 e. The lowest BCUT2D eigenvalue weighted by molar-refractivity contribution is -0.0686. The molecular formula is C18H27NO4. The van der Waals surface area contributed by atoms with Crippen LogP contribution in [0.4, 0.5) is 0 Å². The van der Waals surface area contributed by atoms with Crippen molar-refractivity contribution >= 4 is 6.29 Å². The first-order valence-corrected chi connectivity index (χ1v) is 8.35. The molecule has 0 aliphatic carbocycles. The van der Waals surface area contributed by atoms with Crippen molar-refractivity contribution in [2.24, 2.45) is 0 Å². The first kappa shape index (κ1) is 17.8. The maximum atomic E-state index is 10.9. The van der Waals surface area contributed by atoms with E-state index >= 15 is 0 Å². The average Bonchev–Trinajstić information content (AvgIpc) is 2.52. The van der Waals surface area contributed by atoms with Crippen molar-refractivity contribution in [3.8, 4) is 11.5 Å². The van der Waals surface area contributed by atoms with Gasteiger partial charge in [-0.2, -0.15) is 0 Å². The van der Waals surface area contributed by atoms with Crippen LogP contribution in [0.5, 0.6) is 11.5 Å². The number of aldehydes is 1. The Morgan fingerprint density at radius 1 is 1.22 bits per heavy atom. The normalized spacial score (nSPS) is 21.9. The van der Waals surface area contributed by atoms with Crippen LogP contribution in [0.3, 0.4) is 0 Å². The molecule has 0 radical (unpaired) electrons. The maximum Gasteiger partial charge on any atom is 0.161 e. The SMILES string of the molecule is CCOc1cc(C=O)ccc1OCCCN1C[C@H](C)O[C@@H](C)C1. The lowest BCUT2D eigenvalue weighted by Crippen LogP contribution is -2.45. The monoisotopic (exact) mass is 321 g/mol. The topological polar surface area (TPSA) is 48.0 Å². The molecule has 1 aromatic carbocycles. The van der Waals surface area contributed by atoms with Gasteiger partial charge in [0.1, 0.15) is 6.29 Å². The van der Waals surface area contributed by atoms with Crippen molar-refractivity contribution in [3.05, 3.63) is 23.8 Å². The van der Waals surface area contributed by atoms with E-state index in [1.807, 2.05) is 6.92 Å². The number of rotatable bonds is 8. The minimum atomic E-state index is 0.292. The number of carbonyl (C=O) groups excluding carboxylic acids is 1. The summed E-state index contributed by atoms with van der Waals surface area (Å²) in [6.07, 6.45) is 2.34. The van der Waals surface area contributed by atoms with Gasteiger partial charge in [-0.15, -0.1) is 0 Å². The van der Waals surface area contributed by atoms with E-state index in [2.05, 4.69) is 18.7 Å². The number of morpholine rings is 1. The van der Waals surface area contributed by atoms with Gasteiger partial charge in [0.2, 0.25) is 0 Å². The summed E-state index contributed by atoms with van der Waals surface area (Å²) in [4.78, 5) is 13.3. The molecular weight excluding hydrogens is 294 g/mol. The van der Waals surface area contributed by atoms with E-state index in [4.69, 9.17) is 14.2 Å². The third kappa shape index (κ3) is 5.52. The molecule has 0 bridgehead atoms. The Balaban J connectivity index is 1.80. The van der Waals surface area contributed by atoms with Crippen molar-refractivity contribution in [1.29, 1.82) is 0 Å². The van der Waals surface area contributed by atoms with E-state index in [0.717, 1.165) is 32.3 Å². The van der Waals surface area contributed by atoms with Crippen molar-refractivity contribution in [2.75, 3.05) is 32.8 Å². The van der Waals surface area contributed by atoms with Crippen molar-refractivity contribution in [2.45, 2.75) is 39.4 Å². The second-order valence-corrected chi connectivity index (χ2v) is 5.98. The highest BCUT2D eigenvalue weighted by Crippen LogP contribution is 2.28. The van der Waals surface area contributed by atoms with E-state index in [1.165, 1.54) is 0 Å². The molecule has 0 saturated carbocycles. The van der Waals surface area contributed by atoms with Gasteiger partial charge in [0.05, 0.1) is 25.4 Å². The summed E-state index contributed by atoms with van der Waals surface area (Å²) in [6, 6.07) is 5.26. The summed E-state index contributed by atoms with van der Waals surface area (Å²) in [7, 11) is 0. The van der Waals surface area contributed by atoms with Gasteiger partial charge in [0.25, 0.3) is 0 Å². The summed E-state index contributed by atoms with van der Waals surface area (Å²) in [5.41, 5.74) is 0.595. The number of ether oxygens (including phenoxy) is 3. The van der Waals surface area contributed by atoms with Crippen LogP contribution in [0.15, 0.2) is 18.2 Å². The lowest BCUT2D eigenvalue weighted by atomic mass is 10.2. The minimum Gasteiger partial charge on any atom is -0.490 e. The van der Waals surface area contributed by atoms with Crippen molar-refractivity contribution in [3.63, 3.8) is 0 Å². The van der Waals surface area contributed by atoms with Gasteiger partial charge in [0.15, 0.2) is 11.5 Å². The Hall–Kier alpha value is -1.59. The standard InChI is InChI=1S/C18H27NO4/c1-4-21-18-10-16(13-20)6-7-17(18)22-9-5-8-19-11-14(2)23-15(3)12-19/h6-7,10,13-15H,4-5,8-9,11-12H2,1-3H3/t14-,15-/m0/s1. The molecule has 23 heavy (non-hydrogen) atoms. The van der Waals surface area contributed by atoms with Crippen molar-refractivity contribution < 1.29 is 19.0 Å². The van der Waals surface area contributed by atoms with Gasteiger partial charge in [-0.3, -0.25) is 9.69 Å². The fraction of sp³-hybridized carbons (Fsp3) is 0.611. The van der Waals surface area contributed by atoms with Crippen LogP contribution in [0.2, 0.25) is 0 Å². The maximum absolute atomic E-state index is 10.9. The summed E-state index contributed by atoms with van der Waals surface area (Å²) in [6.45, 7) is 10.3. The van der Waals surface area contributed by atoms with Crippen LogP contribution in [-0.4, -0.2) is 56.2 Å². The molecule has 0 unspecified atom stereocenters. The molecule has 0 N–H and O–H groups in total. The Morgan fingerprint density at radius 3 is 2.61 bits per heavy atom. The van der Waals surface area contributed by atoms with E-state index < -0.39 is 0 Å². The van der Waals surface area contributed by atoms with Crippen LogP contribution >= 0.6 is 0 Å². The number of hydrogen-bond donors (Lipinski definition) is 0. The van der Waals surface area contributed by atoms with E-state index in [0.29, 0.717) is 42.5 Å². The number of nitrogens with zero attached hydrogens (tertiary/aromatic N) is 1. The van der Waals surface area contributed by atoms with Gasteiger partial charge in [-0.25, -0.2) is 0 Å². The second-order valence-electron chi connectivity index (χ2n) is 5.98. The number of carbonyl (C=O) groups is 1. The fourth-order valence-electron chi connectivity index (χ4n) is 2.92.